The summed E-state index contributed by atoms with van der Waals surface area (Å²) in [7, 11) is -9.14. The molecule has 0 bridgehead atoms. The Kier molecular flexibility index (Phi) is 7.10. The molecule has 0 aliphatic rings. The third-order valence-corrected chi connectivity index (χ3v) is 10.8. The predicted molar refractivity (Wildman–Crippen MR) is 199 cm³/mol. The van der Waals surface area contributed by atoms with E-state index in [9.17, 15) is 25.9 Å². The van der Waals surface area contributed by atoms with Gasteiger partial charge < -0.3 is 4.57 Å². The first-order valence-electron chi connectivity index (χ1n) is 16.0. The highest BCUT2D eigenvalue weighted by Gasteiger charge is 2.24. The van der Waals surface area contributed by atoms with Gasteiger partial charge in [0, 0.05) is 38.4 Å². The Hall–Kier alpha value is -6.25. The van der Waals surface area contributed by atoms with Gasteiger partial charge in [0.1, 0.15) is 0 Å². The lowest BCUT2D eigenvalue weighted by molar-refractivity contribution is 0.481. The number of hydrogen-bond acceptors (Lipinski definition) is 7. The van der Waals surface area contributed by atoms with Gasteiger partial charge in [-0.2, -0.15) is 26.8 Å². The molecule has 0 aliphatic carbocycles. The SMILES string of the molecule is O=S(=O)(O)c1cccc(-c2nc(-c3cccc(S(=O)(=O)O)c3)nc(-n3c4ccccc4c4ccc5c6ccccc6n(-c6ccccc6)c5c43)n2)c1. The maximum absolute atomic E-state index is 12.1. The van der Waals surface area contributed by atoms with Gasteiger partial charge in [-0.25, -0.2) is 4.98 Å². The van der Waals surface area contributed by atoms with E-state index >= 15 is 0 Å². The summed E-state index contributed by atoms with van der Waals surface area (Å²) in [6.07, 6.45) is 0. The zero-order valence-corrected chi connectivity index (χ0v) is 28.5. The summed E-state index contributed by atoms with van der Waals surface area (Å²) in [5.74, 6) is 0.284. The third kappa shape index (κ3) is 5.14. The number of nitrogens with zero attached hydrogens (tertiary/aromatic N) is 5. The second kappa shape index (κ2) is 11.6. The van der Waals surface area contributed by atoms with Crippen LogP contribution in [0.4, 0.5) is 0 Å². The Labute approximate surface area is 296 Å². The molecule has 0 amide bonds. The number of aromatic nitrogens is 5. The summed E-state index contributed by atoms with van der Waals surface area (Å²) in [6, 6.07) is 41.3. The lowest BCUT2D eigenvalue weighted by Gasteiger charge is -2.13. The molecule has 13 heteroatoms. The molecule has 9 aromatic rings. The lowest BCUT2D eigenvalue weighted by Crippen LogP contribution is -2.08. The molecule has 254 valence electrons. The fourth-order valence-corrected chi connectivity index (χ4v) is 7.92. The van der Waals surface area contributed by atoms with Crippen LogP contribution in [0.3, 0.4) is 0 Å². The first-order chi connectivity index (χ1) is 25.1. The summed E-state index contributed by atoms with van der Waals surface area (Å²) in [4.78, 5) is 13.8. The van der Waals surface area contributed by atoms with E-state index in [1.165, 1.54) is 36.4 Å². The third-order valence-electron chi connectivity index (χ3n) is 9.09. The van der Waals surface area contributed by atoms with Crippen LogP contribution in [0.2, 0.25) is 0 Å². The highest BCUT2D eigenvalue weighted by atomic mass is 32.2. The molecule has 11 nitrogen and oxygen atoms in total. The van der Waals surface area contributed by atoms with Gasteiger partial charge in [-0.15, -0.1) is 0 Å². The monoisotopic (exact) mass is 723 g/mol. The van der Waals surface area contributed by atoms with Crippen molar-refractivity contribution in [3.05, 3.63) is 140 Å². The average molecular weight is 724 g/mol. The average Bonchev–Trinajstić information content (AvgIpc) is 3.68. The molecule has 0 saturated carbocycles. The van der Waals surface area contributed by atoms with E-state index in [4.69, 9.17) is 9.97 Å². The van der Waals surface area contributed by atoms with Crippen molar-refractivity contribution in [2.45, 2.75) is 9.79 Å². The molecule has 6 aromatic carbocycles. The van der Waals surface area contributed by atoms with Gasteiger partial charge in [-0.05, 0) is 48.5 Å². The van der Waals surface area contributed by atoms with Crippen molar-refractivity contribution in [1.29, 1.82) is 0 Å². The Morgan fingerprint density at radius 2 is 0.904 bits per heavy atom. The van der Waals surface area contributed by atoms with Gasteiger partial charge >= 0.3 is 0 Å². The van der Waals surface area contributed by atoms with Gasteiger partial charge in [0.2, 0.25) is 5.95 Å². The highest BCUT2D eigenvalue weighted by molar-refractivity contribution is 7.86. The van der Waals surface area contributed by atoms with E-state index in [1.54, 1.807) is 12.1 Å². The Balaban J connectivity index is 1.44. The summed E-state index contributed by atoms with van der Waals surface area (Å²) >= 11 is 0. The molecular weight excluding hydrogens is 699 g/mol. The minimum absolute atomic E-state index is 0.0597. The molecule has 52 heavy (non-hydrogen) atoms. The van der Waals surface area contributed by atoms with E-state index in [-0.39, 0.29) is 38.5 Å². The number of rotatable bonds is 6. The van der Waals surface area contributed by atoms with Crippen LogP contribution in [0.5, 0.6) is 0 Å². The quantitative estimate of drug-likeness (QED) is 0.163. The van der Waals surface area contributed by atoms with Crippen LogP contribution in [0.15, 0.2) is 149 Å². The predicted octanol–water partition coefficient (Wildman–Crippen LogP) is 7.89. The van der Waals surface area contributed by atoms with Gasteiger partial charge in [-0.3, -0.25) is 13.7 Å². The summed E-state index contributed by atoms with van der Waals surface area (Å²) in [6.45, 7) is 0. The molecule has 2 N–H and O–H groups in total. The molecule has 0 fully saturated rings. The van der Waals surface area contributed by atoms with Gasteiger partial charge in [0.15, 0.2) is 11.6 Å². The molecule has 0 atom stereocenters. The second-order valence-electron chi connectivity index (χ2n) is 12.2. The van der Waals surface area contributed by atoms with Crippen LogP contribution < -0.4 is 0 Å². The number of benzene rings is 6. The van der Waals surface area contributed by atoms with Crippen molar-refractivity contribution < 1.29 is 25.9 Å². The van der Waals surface area contributed by atoms with Crippen molar-refractivity contribution in [3.8, 4) is 34.4 Å². The Bertz CT molecular complexity index is 3050. The number of para-hydroxylation sites is 3. The van der Waals surface area contributed by atoms with E-state index in [0.717, 1.165) is 49.3 Å². The zero-order chi connectivity index (χ0) is 35.8. The molecule has 0 spiro atoms. The second-order valence-corrected chi connectivity index (χ2v) is 15.0. The molecule has 9 rings (SSSR count). The Morgan fingerprint density at radius 3 is 1.42 bits per heavy atom. The summed E-state index contributed by atoms with van der Waals surface area (Å²) < 4.78 is 72.4. The zero-order valence-electron chi connectivity index (χ0n) is 26.9. The van der Waals surface area contributed by atoms with E-state index < -0.39 is 20.2 Å². The standard InChI is InChI=1S/C39H25N5O6S2/c45-51(46,47)27-14-8-10-24(22-27)37-40-38(25-11-9-15-28(23-25)52(48,49)50)42-39(41-37)44-34-19-7-5-17-30(34)32-21-20-31-29-16-4-6-18-33(29)43(35(31)36(32)44)26-12-2-1-3-13-26/h1-23H,(H,45,46,47)(H,48,49,50). The van der Waals surface area contributed by atoms with Crippen molar-refractivity contribution >= 4 is 63.8 Å². The van der Waals surface area contributed by atoms with Crippen LogP contribution in [-0.2, 0) is 20.2 Å². The Morgan fingerprint density at radius 1 is 0.442 bits per heavy atom. The van der Waals surface area contributed by atoms with Gasteiger partial charge in [-0.1, -0.05) is 91.0 Å². The first-order valence-corrected chi connectivity index (χ1v) is 18.9. The van der Waals surface area contributed by atoms with Crippen molar-refractivity contribution in [2.24, 2.45) is 0 Å². The normalized spacial score (nSPS) is 12.3. The van der Waals surface area contributed by atoms with Crippen molar-refractivity contribution in [2.75, 3.05) is 0 Å². The summed E-state index contributed by atoms with van der Waals surface area (Å²) in [5.41, 5.74) is 4.92. The van der Waals surface area contributed by atoms with E-state index in [2.05, 4.69) is 33.8 Å². The van der Waals surface area contributed by atoms with Gasteiger partial charge in [0.25, 0.3) is 20.2 Å². The minimum atomic E-state index is -4.57. The summed E-state index contributed by atoms with van der Waals surface area (Å²) in [5, 5.41) is 3.89. The van der Waals surface area contributed by atoms with Gasteiger partial charge in [0.05, 0.1) is 31.9 Å². The van der Waals surface area contributed by atoms with Crippen LogP contribution >= 0.6 is 0 Å². The number of fused-ring (bicyclic) bond motifs is 7. The molecule has 0 saturated heterocycles. The van der Waals surface area contributed by atoms with Crippen molar-refractivity contribution in [1.82, 2.24) is 24.1 Å². The van der Waals surface area contributed by atoms with Crippen molar-refractivity contribution in [3.63, 3.8) is 0 Å². The van der Waals surface area contributed by atoms with Crippen LogP contribution in [-0.4, -0.2) is 50.0 Å². The highest BCUT2D eigenvalue weighted by Crippen LogP contribution is 2.41. The molecular formula is C39H25N5O6S2. The fourth-order valence-electron chi connectivity index (χ4n) is 6.87. The molecule has 0 radical (unpaired) electrons. The molecule has 3 aromatic heterocycles. The molecule has 0 aliphatic heterocycles. The minimum Gasteiger partial charge on any atom is -0.307 e. The van der Waals surface area contributed by atoms with Crippen LogP contribution in [0, 0.1) is 0 Å². The lowest BCUT2D eigenvalue weighted by atomic mass is 10.1. The van der Waals surface area contributed by atoms with Crippen LogP contribution in [0.1, 0.15) is 0 Å². The first kappa shape index (κ1) is 31.7. The topological polar surface area (TPSA) is 157 Å². The molecule has 3 heterocycles. The maximum Gasteiger partial charge on any atom is 0.294 e. The number of hydrogen-bond donors (Lipinski definition) is 2. The fraction of sp³-hybridized carbons (Fsp3) is 0. The smallest absolute Gasteiger partial charge is 0.294 e. The largest absolute Gasteiger partial charge is 0.307 e. The van der Waals surface area contributed by atoms with E-state index in [0.29, 0.717) is 0 Å². The van der Waals surface area contributed by atoms with E-state index in [1.807, 2.05) is 71.3 Å². The maximum atomic E-state index is 12.1. The molecule has 0 unspecified atom stereocenters. The van der Waals surface area contributed by atoms with Crippen LogP contribution in [0.25, 0.3) is 78.0 Å².